The van der Waals surface area contributed by atoms with Crippen LogP contribution in [0.3, 0.4) is 0 Å². The highest BCUT2D eigenvalue weighted by atomic mass is 16.6. The molecule has 0 heterocycles. The number of anilines is 1. The summed E-state index contributed by atoms with van der Waals surface area (Å²) in [6.45, 7) is 5.86. The monoisotopic (exact) mass is 427 g/mol. The highest BCUT2D eigenvalue weighted by Gasteiger charge is 2.11. The summed E-state index contributed by atoms with van der Waals surface area (Å²) in [7, 11) is 0. The van der Waals surface area contributed by atoms with Crippen LogP contribution in [0.1, 0.15) is 41.0 Å². The van der Waals surface area contributed by atoms with Crippen LogP contribution in [0, 0.1) is 10.1 Å². The summed E-state index contributed by atoms with van der Waals surface area (Å²) in [5.41, 5.74) is 6.17. The number of nitro benzene ring substituents is 1. The van der Waals surface area contributed by atoms with Gasteiger partial charge in [0.2, 0.25) is 5.91 Å². The summed E-state index contributed by atoms with van der Waals surface area (Å²) in [5.74, 6) is -1.38. The summed E-state index contributed by atoms with van der Waals surface area (Å²) in [5, 5.41) is 13.2. The molecule has 2 aromatic rings. The zero-order valence-electron chi connectivity index (χ0n) is 17.4. The maximum Gasteiger partial charge on any atom is 0.269 e. The fourth-order valence-electron chi connectivity index (χ4n) is 2.80. The third-order valence-corrected chi connectivity index (χ3v) is 4.55. The molecule has 2 aromatic carbocycles. The standard InChI is InChI=1S/C21H25N5O5/c1-3-25(4-2)17-9-5-16(6-10-17)21(29)24-23-19(27)13-14-22-20(28)15-7-11-18(12-8-15)26(30)31/h5-12H,3-4,13-14H2,1-2H3,(H,22,28)(H,23,27)(H,24,29). The minimum Gasteiger partial charge on any atom is -0.372 e. The van der Waals surface area contributed by atoms with Gasteiger partial charge in [-0.1, -0.05) is 0 Å². The van der Waals surface area contributed by atoms with Crippen LogP contribution in [0.4, 0.5) is 11.4 Å². The van der Waals surface area contributed by atoms with E-state index in [4.69, 9.17) is 0 Å². The van der Waals surface area contributed by atoms with Gasteiger partial charge in [0.15, 0.2) is 0 Å². The molecule has 10 heteroatoms. The summed E-state index contributed by atoms with van der Waals surface area (Å²) < 4.78 is 0. The molecule has 0 bridgehead atoms. The first-order valence-electron chi connectivity index (χ1n) is 9.82. The molecular formula is C21H25N5O5. The first kappa shape index (κ1) is 23.3. The molecule has 10 nitrogen and oxygen atoms in total. The molecule has 0 saturated carbocycles. The highest BCUT2D eigenvalue weighted by molar-refractivity contribution is 5.96. The number of benzene rings is 2. The quantitative estimate of drug-likeness (QED) is 0.414. The van der Waals surface area contributed by atoms with E-state index in [0.29, 0.717) is 5.56 Å². The van der Waals surface area contributed by atoms with Gasteiger partial charge in [-0.2, -0.15) is 0 Å². The lowest BCUT2D eigenvalue weighted by Crippen LogP contribution is -2.42. The maximum atomic E-state index is 12.2. The van der Waals surface area contributed by atoms with Crippen molar-refractivity contribution in [2.75, 3.05) is 24.5 Å². The van der Waals surface area contributed by atoms with Crippen molar-refractivity contribution in [3.8, 4) is 0 Å². The van der Waals surface area contributed by atoms with Crippen LogP contribution < -0.4 is 21.1 Å². The highest BCUT2D eigenvalue weighted by Crippen LogP contribution is 2.15. The van der Waals surface area contributed by atoms with E-state index in [1.165, 1.54) is 24.3 Å². The Kier molecular flexibility index (Phi) is 8.50. The molecule has 3 N–H and O–H groups in total. The second kappa shape index (κ2) is 11.3. The molecule has 0 aliphatic heterocycles. The van der Waals surface area contributed by atoms with Crippen molar-refractivity contribution in [3.63, 3.8) is 0 Å². The minimum absolute atomic E-state index is 0.0378. The van der Waals surface area contributed by atoms with E-state index in [2.05, 4.69) is 21.1 Å². The van der Waals surface area contributed by atoms with Gasteiger partial charge in [-0.25, -0.2) is 0 Å². The fraction of sp³-hybridized carbons (Fsp3) is 0.286. The van der Waals surface area contributed by atoms with E-state index in [1.54, 1.807) is 12.1 Å². The number of carbonyl (C=O) groups excluding carboxylic acids is 3. The Morgan fingerprint density at radius 3 is 1.97 bits per heavy atom. The number of hydrogen-bond donors (Lipinski definition) is 3. The van der Waals surface area contributed by atoms with Crippen LogP contribution >= 0.6 is 0 Å². The average Bonchev–Trinajstić information content (AvgIpc) is 2.78. The topological polar surface area (TPSA) is 134 Å². The van der Waals surface area contributed by atoms with E-state index in [9.17, 15) is 24.5 Å². The number of rotatable bonds is 9. The van der Waals surface area contributed by atoms with Gasteiger partial charge in [0, 0.05) is 55.0 Å². The lowest BCUT2D eigenvalue weighted by atomic mass is 10.2. The van der Waals surface area contributed by atoms with Gasteiger partial charge in [0.05, 0.1) is 4.92 Å². The largest absolute Gasteiger partial charge is 0.372 e. The van der Waals surface area contributed by atoms with Gasteiger partial charge in [-0.05, 0) is 50.2 Å². The number of hydrogen-bond acceptors (Lipinski definition) is 6. The number of amides is 3. The van der Waals surface area contributed by atoms with Gasteiger partial charge in [-0.15, -0.1) is 0 Å². The normalized spacial score (nSPS) is 10.1. The second-order valence-corrected chi connectivity index (χ2v) is 6.53. The molecule has 0 aromatic heterocycles. The molecule has 3 amide bonds. The van der Waals surface area contributed by atoms with Crippen molar-refractivity contribution >= 4 is 29.1 Å². The van der Waals surface area contributed by atoms with Crippen molar-refractivity contribution in [3.05, 3.63) is 69.8 Å². The lowest BCUT2D eigenvalue weighted by molar-refractivity contribution is -0.384. The number of nitrogens with one attached hydrogen (secondary N) is 3. The molecule has 0 aliphatic rings. The smallest absolute Gasteiger partial charge is 0.269 e. The van der Waals surface area contributed by atoms with E-state index >= 15 is 0 Å². The zero-order valence-corrected chi connectivity index (χ0v) is 17.4. The van der Waals surface area contributed by atoms with Gasteiger partial charge >= 0.3 is 0 Å². The Hall–Kier alpha value is -3.95. The van der Waals surface area contributed by atoms with Gasteiger partial charge in [0.1, 0.15) is 0 Å². The molecule has 0 aliphatic carbocycles. The molecule has 0 atom stereocenters. The van der Waals surface area contributed by atoms with Gasteiger partial charge < -0.3 is 10.2 Å². The lowest BCUT2D eigenvalue weighted by Gasteiger charge is -2.21. The Labute approximate surface area is 179 Å². The van der Waals surface area contributed by atoms with Gasteiger partial charge in [0.25, 0.3) is 17.5 Å². The summed E-state index contributed by atoms with van der Waals surface area (Å²) in [4.78, 5) is 48.2. The van der Waals surface area contributed by atoms with Gasteiger partial charge in [-0.3, -0.25) is 35.3 Å². The minimum atomic E-state index is -0.556. The van der Waals surface area contributed by atoms with Crippen LogP contribution in [0.25, 0.3) is 0 Å². The first-order chi connectivity index (χ1) is 14.8. The second-order valence-electron chi connectivity index (χ2n) is 6.53. The Bertz CT molecular complexity index is 924. The van der Waals surface area contributed by atoms with E-state index < -0.39 is 22.6 Å². The van der Waals surface area contributed by atoms with E-state index in [-0.39, 0.29) is 24.2 Å². The average molecular weight is 427 g/mol. The van der Waals surface area contributed by atoms with E-state index in [1.807, 2.05) is 26.0 Å². The van der Waals surface area contributed by atoms with Crippen LogP contribution in [0.5, 0.6) is 0 Å². The SMILES string of the molecule is CCN(CC)c1ccc(C(=O)NNC(=O)CCNC(=O)c2ccc([N+](=O)[O-])cc2)cc1. The number of carbonyl (C=O) groups is 3. The fourth-order valence-corrected chi connectivity index (χ4v) is 2.80. The van der Waals surface area contributed by atoms with E-state index in [0.717, 1.165) is 18.8 Å². The predicted molar refractivity (Wildman–Crippen MR) is 116 cm³/mol. The van der Waals surface area contributed by atoms with Crippen LogP contribution in [-0.2, 0) is 4.79 Å². The maximum absolute atomic E-state index is 12.2. The molecule has 0 spiro atoms. The van der Waals surface area contributed by atoms with Crippen molar-refractivity contribution in [2.24, 2.45) is 0 Å². The molecule has 31 heavy (non-hydrogen) atoms. The molecule has 0 radical (unpaired) electrons. The summed E-state index contributed by atoms with van der Waals surface area (Å²) >= 11 is 0. The van der Waals surface area contributed by atoms with Crippen LogP contribution in [-0.4, -0.2) is 42.3 Å². The predicted octanol–water partition coefficient (Wildman–Crippen LogP) is 2.02. The zero-order chi connectivity index (χ0) is 22.8. The molecule has 0 unspecified atom stereocenters. The Morgan fingerprint density at radius 1 is 0.871 bits per heavy atom. The molecule has 164 valence electrons. The third kappa shape index (κ3) is 6.81. The number of non-ortho nitro benzene ring substituents is 1. The first-order valence-corrected chi connectivity index (χ1v) is 9.82. The summed E-state index contributed by atoms with van der Waals surface area (Å²) in [6.07, 6.45) is -0.0557. The molecular weight excluding hydrogens is 402 g/mol. The van der Waals surface area contributed by atoms with Crippen molar-refractivity contribution in [1.29, 1.82) is 0 Å². The van der Waals surface area contributed by atoms with Crippen molar-refractivity contribution < 1.29 is 19.3 Å². The molecule has 0 fully saturated rings. The number of nitro groups is 1. The van der Waals surface area contributed by atoms with Crippen LogP contribution in [0.15, 0.2) is 48.5 Å². The molecule has 0 saturated heterocycles. The summed E-state index contributed by atoms with van der Waals surface area (Å²) in [6, 6.07) is 12.2. The van der Waals surface area contributed by atoms with Crippen molar-refractivity contribution in [1.82, 2.24) is 16.2 Å². The third-order valence-electron chi connectivity index (χ3n) is 4.55. The van der Waals surface area contributed by atoms with Crippen LogP contribution in [0.2, 0.25) is 0 Å². The van der Waals surface area contributed by atoms with Crippen molar-refractivity contribution in [2.45, 2.75) is 20.3 Å². The number of nitrogens with zero attached hydrogens (tertiary/aromatic N) is 2. The number of hydrazine groups is 1. The Morgan fingerprint density at radius 2 is 1.42 bits per heavy atom. The Balaban J connectivity index is 1.74. The molecule has 2 rings (SSSR count).